The minimum Gasteiger partial charge on any atom is -0.496 e. The number of likely N-dealkylation sites (tertiary alicyclic amines) is 1. The molecular weight excluding hydrogens is 458 g/mol. The summed E-state index contributed by atoms with van der Waals surface area (Å²) in [5, 5.41) is 0. The number of benzene rings is 2. The first kappa shape index (κ1) is 23.5. The first-order valence-electron chi connectivity index (χ1n) is 10.9. The third kappa shape index (κ3) is 6.16. The fourth-order valence-corrected chi connectivity index (χ4v) is 4.85. The molecule has 0 saturated carbocycles. The average molecular weight is 490 g/mol. The standard InChI is InChI=1S/C25H32BrNO4/c1-29-22-12-8-18(16-21(22)26)10-14-25(28)27-15-5-4-6-20(27)11-7-19-9-13-23(30-2)24(17-19)31-3/h8-9,12-13,16-17,20H,4-7,10-11,14-15H2,1-3H3. The number of piperidine rings is 1. The van der Waals surface area contributed by atoms with Gasteiger partial charge in [0.1, 0.15) is 5.75 Å². The molecule has 5 nitrogen and oxygen atoms in total. The highest BCUT2D eigenvalue weighted by atomic mass is 79.9. The fourth-order valence-electron chi connectivity index (χ4n) is 4.26. The summed E-state index contributed by atoms with van der Waals surface area (Å²) in [7, 11) is 4.96. The summed E-state index contributed by atoms with van der Waals surface area (Å²) in [6.07, 6.45) is 6.51. The molecule has 31 heavy (non-hydrogen) atoms. The van der Waals surface area contributed by atoms with Crippen molar-refractivity contribution in [3.05, 3.63) is 52.0 Å². The van der Waals surface area contributed by atoms with Crippen molar-refractivity contribution in [3.8, 4) is 17.2 Å². The van der Waals surface area contributed by atoms with Crippen molar-refractivity contribution in [2.24, 2.45) is 0 Å². The van der Waals surface area contributed by atoms with Crippen LogP contribution in [0.5, 0.6) is 17.2 Å². The van der Waals surface area contributed by atoms with Gasteiger partial charge in [0.15, 0.2) is 11.5 Å². The number of ether oxygens (including phenoxy) is 3. The van der Waals surface area contributed by atoms with Crippen molar-refractivity contribution in [2.75, 3.05) is 27.9 Å². The number of carbonyl (C=O) groups is 1. The van der Waals surface area contributed by atoms with E-state index in [0.717, 1.165) is 65.9 Å². The largest absolute Gasteiger partial charge is 0.496 e. The molecule has 0 spiro atoms. The van der Waals surface area contributed by atoms with Crippen LogP contribution in [-0.4, -0.2) is 44.7 Å². The number of amides is 1. The van der Waals surface area contributed by atoms with Gasteiger partial charge in [0.05, 0.1) is 25.8 Å². The topological polar surface area (TPSA) is 48.0 Å². The van der Waals surface area contributed by atoms with E-state index in [0.29, 0.717) is 12.5 Å². The van der Waals surface area contributed by atoms with Gasteiger partial charge in [0, 0.05) is 19.0 Å². The molecule has 0 aromatic heterocycles. The normalized spacial score (nSPS) is 16.1. The summed E-state index contributed by atoms with van der Waals surface area (Å²) in [5.41, 5.74) is 2.35. The molecule has 6 heteroatoms. The highest BCUT2D eigenvalue weighted by Gasteiger charge is 2.26. The maximum absolute atomic E-state index is 13.0. The molecule has 1 aliphatic rings. The van der Waals surface area contributed by atoms with E-state index in [1.54, 1.807) is 21.3 Å². The van der Waals surface area contributed by atoms with Crippen LogP contribution in [0.3, 0.4) is 0 Å². The van der Waals surface area contributed by atoms with E-state index in [1.165, 1.54) is 12.0 Å². The van der Waals surface area contributed by atoms with E-state index in [-0.39, 0.29) is 5.91 Å². The molecule has 1 amide bonds. The third-order valence-electron chi connectivity index (χ3n) is 6.01. The van der Waals surface area contributed by atoms with E-state index >= 15 is 0 Å². The van der Waals surface area contributed by atoms with Crippen LogP contribution in [-0.2, 0) is 17.6 Å². The van der Waals surface area contributed by atoms with Crippen LogP contribution in [0.25, 0.3) is 0 Å². The molecule has 1 unspecified atom stereocenters. The Kier molecular flexibility index (Phi) is 8.64. The van der Waals surface area contributed by atoms with E-state index in [1.807, 2.05) is 30.3 Å². The Morgan fingerprint density at radius 2 is 1.61 bits per heavy atom. The Bertz CT molecular complexity index is 886. The lowest BCUT2D eigenvalue weighted by molar-refractivity contribution is -0.135. The number of aryl methyl sites for hydroxylation is 2. The molecule has 1 fully saturated rings. The van der Waals surface area contributed by atoms with Crippen molar-refractivity contribution < 1.29 is 19.0 Å². The van der Waals surface area contributed by atoms with Crippen LogP contribution in [0.4, 0.5) is 0 Å². The predicted octanol–water partition coefficient (Wildman–Crippen LogP) is 5.42. The van der Waals surface area contributed by atoms with Gasteiger partial charge in [-0.05, 0) is 89.8 Å². The lowest BCUT2D eigenvalue weighted by Gasteiger charge is -2.36. The summed E-state index contributed by atoms with van der Waals surface area (Å²) >= 11 is 3.53. The van der Waals surface area contributed by atoms with Crippen molar-refractivity contribution in [3.63, 3.8) is 0 Å². The second kappa shape index (κ2) is 11.4. The molecule has 0 aliphatic carbocycles. The Balaban J connectivity index is 1.58. The second-order valence-corrected chi connectivity index (χ2v) is 8.79. The zero-order valence-corrected chi connectivity index (χ0v) is 20.2. The van der Waals surface area contributed by atoms with Crippen LogP contribution >= 0.6 is 15.9 Å². The van der Waals surface area contributed by atoms with E-state index in [9.17, 15) is 4.79 Å². The maximum atomic E-state index is 13.0. The quantitative estimate of drug-likeness (QED) is 0.471. The summed E-state index contributed by atoms with van der Waals surface area (Å²) in [5.74, 6) is 2.55. The van der Waals surface area contributed by atoms with E-state index in [4.69, 9.17) is 14.2 Å². The second-order valence-electron chi connectivity index (χ2n) is 7.93. The molecule has 0 radical (unpaired) electrons. The number of nitrogens with zero attached hydrogens (tertiary/aromatic N) is 1. The van der Waals surface area contributed by atoms with Crippen LogP contribution < -0.4 is 14.2 Å². The van der Waals surface area contributed by atoms with Crippen molar-refractivity contribution in [1.29, 1.82) is 0 Å². The Hall–Kier alpha value is -2.21. The smallest absolute Gasteiger partial charge is 0.223 e. The molecule has 168 valence electrons. The number of methoxy groups -OCH3 is 3. The molecule has 2 aromatic rings. The Labute approximate surface area is 193 Å². The molecule has 0 N–H and O–H groups in total. The van der Waals surface area contributed by atoms with Crippen LogP contribution in [0.1, 0.15) is 43.2 Å². The van der Waals surface area contributed by atoms with Crippen LogP contribution in [0, 0.1) is 0 Å². The van der Waals surface area contributed by atoms with Gasteiger partial charge in [0.2, 0.25) is 5.91 Å². The summed E-state index contributed by atoms with van der Waals surface area (Å²) in [4.78, 5) is 15.2. The number of hydrogen-bond donors (Lipinski definition) is 0. The Morgan fingerprint density at radius 1 is 0.935 bits per heavy atom. The van der Waals surface area contributed by atoms with Crippen molar-refractivity contribution in [1.82, 2.24) is 4.90 Å². The molecule has 1 saturated heterocycles. The van der Waals surface area contributed by atoms with Crippen LogP contribution in [0.15, 0.2) is 40.9 Å². The minimum atomic E-state index is 0.254. The number of hydrogen-bond acceptors (Lipinski definition) is 4. The number of carbonyl (C=O) groups excluding carboxylic acids is 1. The maximum Gasteiger partial charge on any atom is 0.223 e. The van der Waals surface area contributed by atoms with E-state index < -0.39 is 0 Å². The van der Waals surface area contributed by atoms with Crippen molar-refractivity contribution >= 4 is 21.8 Å². The molecule has 1 heterocycles. The Morgan fingerprint density at radius 3 is 2.29 bits per heavy atom. The molecule has 0 bridgehead atoms. The molecular formula is C25H32BrNO4. The van der Waals surface area contributed by atoms with Gasteiger partial charge < -0.3 is 19.1 Å². The summed E-state index contributed by atoms with van der Waals surface area (Å²) in [6, 6.07) is 12.4. The molecule has 1 atom stereocenters. The summed E-state index contributed by atoms with van der Waals surface area (Å²) in [6.45, 7) is 0.863. The minimum absolute atomic E-state index is 0.254. The number of rotatable bonds is 9. The highest BCUT2D eigenvalue weighted by Crippen LogP contribution is 2.30. The predicted molar refractivity (Wildman–Crippen MR) is 126 cm³/mol. The first-order chi connectivity index (χ1) is 15.0. The molecule has 3 rings (SSSR count). The van der Waals surface area contributed by atoms with Gasteiger partial charge in [-0.25, -0.2) is 0 Å². The highest BCUT2D eigenvalue weighted by molar-refractivity contribution is 9.10. The van der Waals surface area contributed by atoms with Crippen LogP contribution in [0.2, 0.25) is 0 Å². The van der Waals surface area contributed by atoms with Gasteiger partial charge in [0.25, 0.3) is 0 Å². The fraction of sp³-hybridized carbons (Fsp3) is 0.480. The first-order valence-corrected chi connectivity index (χ1v) is 11.7. The van der Waals surface area contributed by atoms with Crippen molar-refractivity contribution in [2.45, 2.75) is 51.0 Å². The zero-order valence-electron chi connectivity index (χ0n) is 18.7. The van der Waals surface area contributed by atoms with E-state index in [2.05, 4.69) is 26.9 Å². The molecule has 1 aliphatic heterocycles. The van der Waals surface area contributed by atoms with Gasteiger partial charge in [-0.15, -0.1) is 0 Å². The monoisotopic (exact) mass is 489 g/mol. The lowest BCUT2D eigenvalue weighted by Crippen LogP contribution is -2.44. The SMILES string of the molecule is COc1ccc(CCC(=O)N2CCCCC2CCc2ccc(OC)c(OC)c2)cc1Br. The summed E-state index contributed by atoms with van der Waals surface area (Å²) < 4.78 is 17.0. The average Bonchev–Trinajstić information content (AvgIpc) is 2.81. The third-order valence-corrected chi connectivity index (χ3v) is 6.63. The van der Waals surface area contributed by atoms with Gasteiger partial charge >= 0.3 is 0 Å². The molecule has 2 aromatic carbocycles. The van der Waals surface area contributed by atoms with Gasteiger partial charge in [-0.2, -0.15) is 0 Å². The van der Waals surface area contributed by atoms with Gasteiger partial charge in [-0.1, -0.05) is 12.1 Å². The zero-order chi connectivity index (χ0) is 22.2. The van der Waals surface area contributed by atoms with Gasteiger partial charge in [-0.3, -0.25) is 4.79 Å². The number of halogens is 1. The lowest BCUT2D eigenvalue weighted by atomic mass is 9.95.